The Kier molecular flexibility index (Phi) is 2.63. The summed E-state index contributed by atoms with van der Waals surface area (Å²) in [5.74, 6) is -1.39. The Labute approximate surface area is 113 Å². The molecule has 0 aliphatic carbocycles. The van der Waals surface area contributed by atoms with Crippen LogP contribution in [-0.2, 0) is 11.3 Å². The third-order valence-electron chi connectivity index (χ3n) is 3.08. The Bertz CT molecular complexity index is 738. The summed E-state index contributed by atoms with van der Waals surface area (Å²) in [6, 6.07) is 2.35. The average molecular weight is 275 g/mol. The predicted octanol–water partition coefficient (Wildman–Crippen LogP) is 1.56. The van der Waals surface area contributed by atoms with Gasteiger partial charge in [-0.05, 0) is 24.6 Å². The molecule has 20 heavy (non-hydrogen) atoms. The zero-order valence-electron chi connectivity index (χ0n) is 10.8. The highest BCUT2D eigenvalue weighted by Gasteiger charge is 2.38. The maximum Gasteiger partial charge on any atom is 0.299 e. The van der Waals surface area contributed by atoms with Gasteiger partial charge in [0, 0.05) is 6.92 Å². The molecule has 1 aliphatic heterocycles. The lowest BCUT2D eigenvalue weighted by Crippen LogP contribution is -2.29. The molecular formula is C13H10FN3O3. The van der Waals surface area contributed by atoms with E-state index < -0.39 is 17.5 Å². The van der Waals surface area contributed by atoms with Gasteiger partial charge < -0.3 is 4.42 Å². The molecular weight excluding hydrogens is 265 g/mol. The number of nitrogens with zero attached hydrogens (tertiary/aromatic N) is 3. The molecule has 0 atom stereocenters. The molecule has 1 aromatic carbocycles. The van der Waals surface area contributed by atoms with E-state index in [9.17, 15) is 14.0 Å². The van der Waals surface area contributed by atoms with E-state index in [1.165, 1.54) is 11.0 Å². The van der Waals surface area contributed by atoms with E-state index in [4.69, 9.17) is 4.42 Å². The SMILES string of the molecule is Cc1nnc(CN2C(=O)C(=O)c3cc(F)cc(C)c32)o1. The number of rotatable bonds is 2. The molecule has 0 fully saturated rings. The second-order valence-electron chi connectivity index (χ2n) is 4.55. The van der Waals surface area contributed by atoms with E-state index in [1.807, 2.05) is 0 Å². The first-order valence-corrected chi connectivity index (χ1v) is 5.92. The molecule has 0 bridgehead atoms. The fourth-order valence-electron chi connectivity index (χ4n) is 2.29. The molecule has 1 amide bonds. The number of Topliss-reactive ketones (excluding diaryl/α,β-unsaturated/α-hetero) is 1. The lowest BCUT2D eigenvalue weighted by Gasteiger charge is -2.16. The van der Waals surface area contributed by atoms with Crippen LogP contribution in [0, 0.1) is 19.7 Å². The number of aromatic nitrogens is 2. The fourth-order valence-corrected chi connectivity index (χ4v) is 2.29. The van der Waals surface area contributed by atoms with Crippen molar-refractivity contribution in [1.82, 2.24) is 10.2 Å². The summed E-state index contributed by atoms with van der Waals surface area (Å²) in [6.45, 7) is 3.26. The third kappa shape index (κ3) is 1.78. The number of halogens is 1. The number of hydrogen-bond donors (Lipinski definition) is 0. The monoisotopic (exact) mass is 275 g/mol. The van der Waals surface area contributed by atoms with E-state index in [2.05, 4.69) is 10.2 Å². The zero-order valence-corrected chi connectivity index (χ0v) is 10.8. The molecule has 6 nitrogen and oxygen atoms in total. The Morgan fingerprint density at radius 1 is 1.25 bits per heavy atom. The van der Waals surface area contributed by atoms with Gasteiger partial charge in [0.15, 0.2) is 0 Å². The zero-order chi connectivity index (χ0) is 14.4. The van der Waals surface area contributed by atoms with Gasteiger partial charge in [-0.15, -0.1) is 10.2 Å². The lowest BCUT2D eigenvalue weighted by atomic mass is 10.1. The van der Waals surface area contributed by atoms with Crippen LogP contribution in [0.1, 0.15) is 27.7 Å². The molecule has 0 radical (unpaired) electrons. The molecule has 7 heteroatoms. The van der Waals surface area contributed by atoms with Crippen molar-refractivity contribution in [2.24, 2.45) is 0 Å². The van der Waals surface area contributed by atoms with E-state index in [0.29, 0.717) is 17.1 Å². The van der Waals surface area contributed by atoms with Gasteiger partial charge >= 0.3 is 0 Å². The van der Waals surface area contributed by atoms with Gasteiger partial charge in [-0.25, -0.2) is 4.39 Å². The number of amides is 1. The van der Waals surface area contributed by atoms with Gasteiger partial charge in [-0.3, -0.25) is 14.5 Å². The second-order valence-corrected chi connectivity index (χ2v) is 4.55. The molecule has 102 valence electrons. The molecule has 0 saturated carbocycles. The minimum atomic E-state index is -0.723. The van der Waals surface area contributed by atoms with Gasteiger partial charge in [-0.2, -0.15) is 0 Å². The van der Waals surface area contributed by atoms with Gasteiger partial charge in [0.2, 0.25) is 11.8 Å². The van der Waals surface area contributed by atoms with Crippen molar-refractivity contribution in [2.75, 3.05) is 4.90 Å². The molecule has 1 aromatic heterocycles. The van der Waals surface area contributed by atoms with Gasteiger partial charge in [-0.1, -0.05) is 0 Å². The van der Waals surface area contributed by atoms with E-state index in [1.54, 1.807) is 13.8 Å². The summed E-state index contributed by atoms with van der Waals surface area (Å²) in [6.07, 6.45) is 0. The van der Waals surface area contributed by atoms with Crippen LogP contribution in [-0.4, -0.2) is 21.9 Å². The predicted molar refractivity (Wildman–Crippen MR) is 65.7 cm³/mol. The number of fused-ring (bicyclic) bond motifs is 1. The lowest BCUT2D eigenvalue weighted by molar-refractivity contribution is -0.114. The first-order chi connectivity index (χ1) is 9.47. The number of ketones is 1. The molecule has 0 unspecified atom stereocenters. The summed E-state index contributed by atoms with van der Waals surface area (Å²) in [5.41, 5.74) is 0.983. The van der Waals surface area contributed by atoms with E-state index in [0.717, 1.165) is 6.07 Å². The van der Waals surface area contributed by atoms with Crippen molar-refractivity contribution in [1.29, 1.82) is 0 Å². The summed E-state index contributed by atoms with van der Waals surface area (Å²) in [4.78, 5) is 25.1. The van der Waals surface area contributed by atoms with Crippen LogP contribution in [0.3, 0.4) is 0 Å². The summed E-state index contributed by atoms with van der Waals surface area (Å²) in [7, 11) is 0. The van der Waals surface area contributed by atoms with Crippen LogP contribution in [0.25, 0.3) is 0 Å². The number of benzene rings is 1. The molecule has 3 rings (SSSR count). The van der Waals surface area contributed by atoms with E-state index in [-0.39, 0.29) is 18.0 Å². The van der Waals surface area contributed by atoms with Crippen molar-refractivity contribution in [3.8, 4) is 0 Å². The van der Waals surface area contributed by atoms with Crippen molar-refractivity contribution in [2.45, 2.75) is 20.4 Å². The fraction of sp³-hybridized carbons (Fsp3) is 0.231. The minimum Gasteiger partial charge on any atom is -0.424 e. The van der Waals surface area contributed by atoms with Crippen LogP contribution in [0.15, 0.2) is 16.5 Å². The number of carbonyl (C=O) groups is 2. The maximum atomic E-state index is 13.4. The number of anilines is 1. The van der Waals surface area contributed by atoms with Crippen LogP contribution in [0.2, 0.25) is 0 Å². The van der Waals surface area contributed by atoms with Crippen molar-refractivity contribution in [3.63, 3.8) is 0 Å². The first kappa shape index (κ1) is 12.5. The molecule has 2 aromatic rings. The molecule has 0 N–H and O–H groups in total. The highest BCUT2D eigenvalue weighted by atomic mass is 19.1. The largest absolute Gasteiger partial charge is 0.424 e. The summed E-state index contributed by atoms with van der Waals surface area (Å²) in [5, 5.41) is 7.46. The van der Waals surface area contributed by atoms with Gasteiger partial charge in [0.25, 0.3) is 11.7 Å². The van der Waals surface area contributed by atoms with Crippen LogP contribution < -0.4 is 4.90 Å². The minimum absolute atomic E-state index is 0.00904. The van der Waals surface area contributed by atoms with Crippen LogP contribution in [0.5, 0.6) is 0 Å². The highest BCUT2D eigenvalue weighted by Crippen LogP contribution is 2.34. The Morgan fingerprint density at radius 2 is 2.00 bits per heavy atom. The van der Waals surface area contributed by atoms with E-state index >= 15 is 0 Å². The normalized spacial score (nSPS) is 14.1. The standard InChI is InChI=1S/C13H10FN3O3/c1-6-3-8(14)4-9-11(6)17(13(19)12(9)18)5-10-16-15-7(2)20-10/h3-4H,5H2,1-2H3. The summed E-state index contributed by atoms with van der Waals surface area (Å²) >= 11 is 0. The van der Waals surface area contributed by atoms with Crippen molar-refractivity contribution >= 4 is 17.4 Å². The quantitative estimate of drug-likeness (QED) is 0.777. The van der Waals surface area contributed by atoms with Crippen LogP contribution in [0.4, 0.5) is 10.1 Å². The number of hydrogen-bond acceptors (Lipinski definition) is 5. The third-order valence-corrected chi connectivity index (χ3v) is 3.08. The second kappa shape index (κ2) is 4.22. The Hall–Kier alpha value is -2.57. The highest BCUT2D eigenvalue weighted by molar-refractivity contribution is 6.52. The molecule has 0 spiro atoms. The van der Waals surface area contributed by atoms with Crippen LogP contribution >= 0.6 is 0 Å². The molecule has 0 saturated heterocycles. The summed E-state index contributed by atoms with van der Waals surface area (Å²) < 4.78 is 18.6. The van der Waals surface area contributed by atoms with Gasteiger partial charge in [0.05, 0.1) is 11.3 Å². The number of aryl methyl sites for hydroxylation is 2. The number of carbonyl (C=O) groups excluding carboxylic acids is 2. The molecule has 2 heterocycles. The van der Waals surface area contributed by atoms with Crippen molar-refractivity contribution < 1.29 is 18.4 Å². The maximum absolute atomic E-state index is 13.4. The topological polar surface area (TPSA) is 76.3 Å². The molecule has 1 aliphatic rings. The first-order valence-electron chi connectivity index (χ1n) is 5.92. The van der Waals surface area contributed by atoms with Gasteiger partial charge in [0.1, 0.15) is 12.4 Å². The average Bonchev–Trinajstić information content (AvgIpc) is 2.88. The smallest absolute Gasteiger partial charge is 0.299 e. The van der Waals surface area contributed by atoms with Crippen molar-refractivity contribution in [3.05, 3.63) is 40.9 Å². The Balaban J connectivity index is 2.06. The Morgan fingerprint density at radius 3 is 2.65 bits per heavy atom.